The van der Waals surface area contributed by atoms with Crippen LogP contribution in [0.3, 0.4) is 0 Å². The second-order valence-corrected chi connectivity index (χ2v) is 7.69. The van der Waals surface area contributed by atoms with E-state index in [-0.39, 0.29) is 23.3 Å². The molecule has 8 heteroatoms. The van der Waals surface area contributed by atoms with Gasteiger partial charge in [0.25, 0.3) is 5.91 Å². The molecular weight excluding hydrogens is 306 g/mol. The minimum absolute atomic E-state index is 0.0517. The summed E-state index contributed by atoms with van der Waals surface area (Å²) in [7, 11) is -3.41. The average molecular weight is 329 g/mol. The van der Waals surface area contributed by atoms with Crippen LogP contribution in [0.5, 0.6) is 0 Å². The fourth-order valence-electron chi connectivity index (χ4n) is 1.91. The zero-order valence-corrected chi connectivity index (χ0v) is 14.3. The van der Waals surface area contributed by atoms with Gasteiger partial charge in [0.2, 0.25) is 10.0 Å². The van der Waals surface area contributed by atoms with Crippen LogP contribution in [-0.2, 0) is 14.8 Å². The molecule has 7 nitrogen and oxygen atoms in total. The molecule has 0 saturated heterocycles. The second-order valence-electron chi connectivity index (χ2n) is 5.95. The van der Waals surface area contributed by atoms with E-state index in [1.54, 1.807) is 0 Å². The number of ether oxygens (including phenoxy) is 1. The molecule has 124 valence electrons. The first kappa shape index (κ1) is 18.4. The van der Waals surface area contributed by atoms with E-state index in [1.165, 1.54) is 18.5 Å². The van der Waals surface area contributed by atoms with Gasteiger partial charge in [-0.1, -0.05) is 0 Å². The molecule has 0 aliphatic rings. The van der Waals surface area contributed by atoms with Gasteiger partial charge in [0, 0.05) is 12.7 Å². The lowest BCUT2D eigenvalue weighted by Gasteiger charge is -2.28. The fraction of sp³-hybridized carbons (Fsp3) is 0.571. The van der Waals surface area contributed by atoms with Crippen LogP contribution in [0, 0.1) is 0 Å². The smallest absolute Gasteiger partial charge is 0.253 e. The number of amides is 1. The molecule has 0 unspecified atom stereocenters. The van der Waals surface area contributed by atoms with Crippen LogP contribution in [0.2, 0.25) is 0 Å². The lowest BCUT2D eigenvalue weighted by Crippen LogP contribution is -2.41. The van der Waals surface area contributed by atoms with Crippen molar-refractivity contribution in [3.63, 3.8) is 0 Å². The average Bonchev–Trinajstić information content (AvgIpc) is 2.32. The third kappa shape index (κ3) is 6.86. The van der Waals surface area contributed by atoms with E-state index in [9.17, 15) is 13.2 Å². The maximum atomic E-state index is 12.1. The molecule has 1 aromatic heterocycles. The van der Waals surface area contributed by atoms with E-state index in [2.05, 4.69) is 15.0 Å². The topological polar surface area (TPSA) is 97.4 Å². The number of sulfonamides is 1. The van der Waals surface area contributed by atoms with E-state index < -0.39 is 15.6 Å². The van der Waals surface area contributed by atoms with Crippen LogP contribution >= 0.6 is 0 Å². The molecule has 0 aliphatic carbocycles. The van der Waals surface area contributed by atoms with Crippen molar-refractivity contribution in [1.82, 2.24) is 10.3 Å². The lowest BCUT2D eigenvalue weighted by molar-refractivity contribution is -0.0527. The molecule has 0 radical (unpaired) electrons. The van der Waals surface area contributed by atoms with Crippen LogP contribution in [-0.4, -0.2) is 43.8 Å². The normalized spacial score (nSPS) is 12.3. The number of hydrogen-bond donors (Lipinski definition) is 2. The van der Waals surface area contributed by atoms with Crippen molar-refractivity contribution < 1.29 is 17.9 Å². The quantitative estimate of drug-likeness (QED) is 0.788. The van der Waals surface area contributed by atoms with Crippen LogP contribution < -0.4 is 10.0 Å². The summed E-state index contributed by atoms with van der Waals surface area (Å²) in [5, 5.41) is 2.75. The van der Waals surface area contributed by atoms with Crippen molar-refractivity contribution in [1.29, 1.82) is 0 Å². The summed E-state index contributed by atoms with van der Waals surface area (Å²) in [5.74, 6) is -0.343. The lowest BCUT2D eigenvalue weighted by atomic mass is 10.1. The summed E-state index contributed by atoms with van der Waals surface area (Å²) in [6.07, 6.45) is 3.80. The zero-order valence-electron chi connectivity index (χ0n) is 13.5. The van der Waals surface area contributed by atoms with Crippen molar-refractivity contribution in [2.75, 3.05) is 17.5 Å². The van der Waals surface area contributed by atoms with Crippen molar-refractivity contribution in [3.8, 4) is 0 Å². The molecule has 1 aromatic rings. The van der Waals surface area contributed by atoms with Gasteiger partial charge in [0.15, 0.2) is 0 Å². The first-order chi connectivity index (χ1) is 9.98. The summed E-state index contributed by atoms with van der Waals surface area (Å²) >= 11 is 0. The monoisotopic (exact) mass is 329 g/mol. The first-order valence-electron chi connectivity index (χ1n) is 6.87. The fourth-order valence-corrected chi connectivity index (χ4v) is 2.45. The number of aromatic nitrogens is 1. The van der Waals surface area contributed by atoms with Gasteiger partial charge in [-0.05, 0) is 33.8 Å². The summed E-state index contributed by atoms with van der Waals surface area (Å²) in [6, 6.07) is 1.43. The van der Waals surface area contributed by atoms with E-state index in [0.717, 1.165) is 6.26 Å². The number of anilines is 1. The Morgan fingerprint density at radius 3 is 2.55 bits per heavy atom. The molecule has 1 rings (SSSR count). The van der Waals surface area contributed by atoms with Crippen LogP contribution in [0.15, 0.2) is 18.5 Å². The number of nitrogens with one attached hydrogen (secondary N) is 2. The molecular formula is C14H23N3O4S. The summed E-state index contributed by atoms with van der Waals surface area (Å²) in [6.45, 7) is 7.94. The van der Waals surface area contributed by atoms with Gasteiger partial charge >= 0.3 is 0 Å². The van der Waals surface area contributed by atoms with Gasteiger partial charge in [-0.15, -0.1) is 0 Å². The third-order valence-electron chi connectivity index (χ3n) is 2.53. The molecule has 0 aromatic carbocycles. The molecule has 22 heavy (non-hydrogen) atoms. The predicted octanol–water partition coefficient (Wildman–Crippen LogP) is 1.39. The SMILES string of the molecule is CC(C)OC(C)(C)CNC(=O)c1cncc(NS(C)(=O)=O)c1. The molecule has 0 fully saturated rings. The maximum absolute atomic E-state index is 12.1. The third-order valence-corrected chi connectivity index (χ3v) is 3.14. The van der Waals surface area contributed by atoms with Gasteiger partial charge in [0.05, 0.1) is 35.4 Å². The number of rotatable bonds is 7. The standard InChI is InChI=1S/C14H23N3O4S/c1-10(2)21-14(3,4)9-16-13(18)11-6-12(8-15-7-11)17-22(5,19)20/h6-8,10,17H,9H2,1-5H3,(H,16,18). The van der Waals surface area contributed by atoms with Gasteiger partial charge in [-0.3, -0.25) is 14.5 Å². The van der Waals surface area contributed by atoms with Crippen LogP contribution in [0.4, 0.5) is 5.69 Å². The van der Waals surface area contributed by atoms with Crippen molar-refractivity contribution in [3.05, 3.63) is 24.0 Å². The highest BCUT2D eigenvalue weighted by Gasteiger charge is 2.21. The Bertz CT molecular complexity index is 627. The Hall–Kier alpha value is -1.67. The Kier molecular flexibility index (Phi) is 5.90. The first-order valence-corrected chi connectivity index (χ1v) is 8.76. The Morgan fingerprint density at radius 1 is 1.36 bits per heavy atom. The Labute approximate surface area is 131 Å². The minimum atomic E-state index is -3.41. The number of carbonyl (C=O) groups is 1. The van der Waals surface area contributed by atoms with Gasteiger partial charge in [-0.2, -0.15) is 0 Å². The molecule has 1 amide bonds. The molecule has 1 heterocycles. The Morgan fingerprint density at radius 2 is 2.00 bits per heavy atom. The molecule has 0 aliphatic heterocycles. The van der Waals surface area contributed by atoms with Gasteiger partial charge in [-0.25, -0.2) is 8.42 Å². The largest absolute Gasteiger partial charge is 0.371 e. The summed E-state index contributed by atoms with van der Waals surface area (Å²) < 4.78 is 30.3. The van der Waals surface area contributed by atoms with Gasteiger partial charge < -0.3 is 10.1 Å². The predicted molar refractivity (Wildman–Crippen MR) is 85.3 cm³/mol. The second kappa shape index (κ2) is 7.06. The Balaban J connectivity index is 2.72. The van der Waals surface area contributed by atoms with Crippen LogP contribution in [0.25, 0.3) is 0 Å². The molecule has 2 N–H and O–H groups in total. The van der Waals surface area contributed by atoms with Crippen molar-refractivity contribution in [2.45, 2.75) is 39.4 Å². The molecule has 0 spiro atoms. The summed E-state index contributed by atoms with van der Waals surface area (Å²) in [5.41, 5.74) is 0.0155. The number of nitrogens with zero attached hydrogens (tertiary/aromatic N) is 1. The van der Waals surface area contributed by atoms with E-state index in [0.29, 0.717) is 6.54 Å². The van der Waals surface area contributed by atoms with E-state index in [1.807, 2.05) is 27.7 Å². The highest BCUT2D eigenvalue weighted by atomic mass is 32.2. The number of hydrogen-bond acceptors (Lipinski definition) is 5. The highest BCUT2D eigenvalue weighted by Crippen LogP contribution is 2.13. The van der Waals surface area contributed by atoms with E-state index in [4.69, 9.17) is 4.74 Å². The van der Waals surface area contributed by atoms with Crippen LogP contribution in [0.1, 0.15) is 38.1 Å². The maximum Gasteiger partial charge on any atom is 0.253 e. The van der Waals surface area contributed by atoms with Gasteiger partial charge in [0.1, 0.15) is 0 Å². The number of carbonyl (C=O) groups excluding carboxylic acids is 1. The minimum Gasteiger partial charge on any atom is -0.371 e. The van der Waals surface area contributed by atoms with E-state index >= 15 is 0 Å². The highest BCUT2D eigenvalue weighted by molar-refractivity contribution is 7.92. The van der Waals surface area contributed by atoms with Crippen molar-refractivity contribution in [2.24, 2.45) is 0 Å². The molecule has 0 bridgehead atoms. The molecule has 0 saturated carbocycles. The molecule has 0 atom stereocenters. The zero-order chi connectivity index (χ0) is 17.0. The number of pyridine rings is 1. The summed E-state index contributed by atoms with van der Waals surface area (Å²) in [4.78, 5) is 16.0. The van der Waals surface area contributed by atoms with Crippen molar-refractivity contribution >= 4 is 21.6 Å².